The summed E-state index contributed by atoms with van der Waals surface area (Å²) < 4.78 is 0. The van der Waals surface area contributed by atoms with E-state index in [9.17, 15) is 4.79 Å². The SMILES string of the molecule is Cc1cc(C(=O)O)ccc1CN=[N+]=[N-]. The molecule has 0 aliphatic carbocycles. The lowest BCUT2D eigenvalue weighted by Crippen LogP contribution is -1.98. The summed E-state index contributed by atoms with van der Waals surface area (Å²) in [5.41, 5.74) is 10.0. The number of carboxylic acids is 1. The average Bonchev–Trinajstić information content (AvgIpc) is 2.15. The van der Waals surface area contributed by atoms with Crippen LogP contribution in [-0.2, 0) is 6.54 Å². The van der Waals surface area contributed by atoms with Gasteiger partial charge in [-0.3, -0.25) is 0 Å². The first-order chi connectivity index (χ1) is 6.65. The van der Waals surface area contributed by atoms with Gasteiger partial charge in [-0.05, 0) is 35.7 Å². The van der Waals surface area contributed by atoms with E-state index in [1.165, 1.54) is 6.07 Å². The van der Waals surface area contributed by atoms with Gasteiger partial charge in [0, 0.05) is 4.91 Å². The van der Waals surface area contributed by atoms with Gasteiger partial charge in [-0.25, -0.2) is 4.79 Å². The van der Waals surface area contributed by atoms with Gasteiger partial charge in [0.25, 0.3) is 0 Å². The van der Waals surface area contributed by atoms with Crippen LogP contribution in [0.5, 0.6) is 0 Å². The lowest BCUT2D eigenvalue weighted by molar-refractivity contribution is 0.0697. The largest absolute Gasteiger partial charge is 0.478 e. The Balaban J connectivity index is 3.00. The molecule has 0 saturated carbocycles. The molecule has 0 unspecified atom stereocenters. The molecule has 0 radical (unpaired) electrons. The molecule has 0 fully saturated rings. The minimum absolute atomic E-state index is 0.243. The van der Waals surface area contributed by atoms with Crippen LogP contribution in [0.2, 0.25) is 0 Å². The van der Waals surface area contributed by atoms with Crippen LogP contribution in [0.25, 0.3) is 10.4 Å². The van der Waals surface area contributed by atoms with Crippen LogP contribution in [0.4, 0.5) is 0 Å². The van der Waals surface area contributed by atoms with Gasteiger partial charge in [-0.1, -0.05) is 11.2 Å². The second kappa shape index (κ2) is 4.30. The minimum atomic E-state index is -0.955. The standard InChI is InChI=1S/C9H9N3O2/c1-6-4-7(9(13)14)2-3-8(6)5-11-12-10/h2-4H,5H2,1H3,(H,13,14). The fraction of sp³-hybridized carbons (Fsp3) is 0.222. The summed E-state index contributed by atoms with van der Waals surface area (Å²) in [4.78, 5) is 13.2. The number of azide groups is 1. The molecule has 5 nitrogen and oxygen atoms in total. The number of benzene rings is 1. The fourth-order valence-corrected chi connectivity index (χ4v) is 1.11. The molecule has 0 spiro atoms. The van der Waals surface area contributed by atoms with E-state index in [0.29, 0.717) is 0 Å². The molecule has 1 aromatic rings. The second-order valence-corrected chi connectivity index (χ2v) is 2.84. The van der Waals surface area contributed by atoms with Gasteiger partial charge in [0.2, 0.25) is 0 Å². The Kier molecular flexibility index (Phi) is 3.09. The zero-order valence-electron chi connectivity index (χ0n) is 7.64. The quantitative estimate of drug-likeness (QED) is 0.452. The monoisotopic (exact) mass is 191 g/mol. The molecule has 0 heterocycles. The van der Waals surface area contributed by atoms with E-state index in [-0.39, 0.29) is 12.1 Å². The third kappa shape index (κ3) is 2.24. The van der Waals surface area contributed by atoms with Gasteiger partial charge in [-0.15, -0.1) is 0 Å². The molecule has 14 heavy (non-hydrogen) atoms. The van der Waals surface area contributed by atoms with Crippen molar-refractivity contribution in [1.29, 1.82) is 0 Å². The van der Waals surface area contributed by atoms with Crippen molar-refractivity contribution in [3.8, 4) is 0 Å². The van der Waals surface area contributed by atoms with Gasteiger partial charge in [0.05, 0.1) is 12.1 Å². The summed E-state index contributed by atoms with van der Waals surface area (Å²) in [5.74, 6) is -0.955. The molecule has 0 bridgehead atoms. The molecule has 1 N–H and O–H groups in total. The van der Waals surface area contributed by atoms with E-state index in [2.05, 4.69) is 10.0 Å². The van der Waals surface area contributed by atoms with Gasteiger partial charge < -0.3 is 5.11 Å². The van der Waals surface area contributed by atoms with E-state index in [4.69, 9.17) is 10.6 Å². The maximum Gasteiger partial charge on any atom is 0.335 e. The van der Waals surface area contributed by atoms with Crippen LogP contribution in [0.15, 0.2) is 23.3 Å². The summed E-state index contributed by atoms with van der Waals surface area (Å²) in [6.07, 6.45) is 0. The lowest BCUT2D eigenvalue weighted by Gasteiger charge is -2.02. The Morgan fingerprint density at radius 1 is 1.64 bits per heavy atom. The van der Waals surface area contributed by atoms with E-state index < -0.39 is 5.97 Å². The molecule has 0 amide bonds. The molecule has 0 aromatic heterocycles. The van der Waals surface area contributed by atoms with Gasteiger partial charge in [-0.2, -0.15) is 0 Å². The van der Waals surface area contributed by atoms with Crippen LogP contribution >= 0.6 is 0 Å². The summed E-state index contributed by atoms with van der Waals surface area (Å²) in [5, 5.41) is 12.1. The molecule has 1 rings (SSSR count). The number of nitrogens with zero attached hydrogens (tertiary/aromatic N) is 3. The zero-order valence-corrected chi connectivity index (χ0v) is 7.64. The van der Waals surface area contributed by atoms with Crippen molar-refractivity contribution in [2.75, 3.05) is 0 Å². The third-order valence-corrected chi connectivity index (χ3v) is 1.89. The van der Waals surface area contributed by atoms with E-state index in [1.807, 2.05) is 0 Å². The van der Waals surface area contributed by atoms with E-state index >= 15 is 0 Å². The number of aryl methyl sites for hydroxylation is 1. The van der Waals surface area contributed by atoms with Crippen molar-refractivity contribution in [2.24, 2.45) is 5.11 Å². The Morgan fingerprint density at radius 3 is 2.86 bits per heavy atom. The molecule has 72 valence electrons. The van der Waals surface area contributed by atoms with Crippen molar-refractivity contribution in [2.45, 2.75) is 13.5 Å². The Bertz CT molecular complexity index is 409. The Labute approximate surface area is 80.6 Å². The maximum absolute atomic E-state index is 10.6. The summed E-state index contributed by atoms with van der Waals surface area (Å²) >= 11 is 0. The summed E-state index contributed by atoms with van der Waals surface area (Å²) in [7, 11) is 0. The molecular formula is C9H9N3O2. The molecule has 0 atom stereocenters. The van der Waals surface area contributed by atoms with Crippen LogP contribution in [0, 0.1) is 6.92 Å². The van der Waals surface area contributed by atoms with Crippen molar-refractivity contribution in [3.05, 3.63) is 45.3 Å². The van der Waals surface area contributed by atoms with Crippen LogP contribution in [0.1, 0.15) is 21.5 Å². The molecule has 1 aromatic carbocycles. The van der Waals surface area contributed by atoms with Gasteiger partial charge in [0.15, 0.2) is 0 Å². The fourth-order valence-electron chi connectivity index (χ4n) is 1.11. The van der Waals surface area contributed by atoms with Crippen LogP contribution in [-0.4, -0.2) is 11.1 Å². The van der Waals surface area contributed by atoms with Crippen molar-refractivity contribution in [3.63, 3.8) is 0 Å². The third-order valence-electron chi connectivity index (χ3n) is 1.89. The minimum Gasteiger partial charge on any atom is -0.478 e. The highest BCUT2D eigenvalue weighted by atomic mass is 16.4. The topological polar surface area (TPSA) is 86.1 Å². The second-order valence-electron chi connectivity index (χ2n) is 2.84. The molecule has 0 saturated heterocycles. The van der Waals surface area contributed by atoms with Crippen molar-refractivity contribution in [1.82, 2.24) is 0 Å². The lowest BCUT2D eigenvalue weighted by atomic mass is 10.1. The van der Waals surface area contributed by atoms with Crippen molar-refractivity contribution >= 4 is 5.97 Å². The maximum atomic E-state index is 10.6. The van der Waals surface area contributed by atoms with Gasteiger partial charge >= 0.3 is 5.97 Å². The van der Waals surface area contributed by atoms with Crippen LogP contribution < -0.4 is 0 Å². The zero-order chi connectivity index (χ0) is 10.6. The first-order valence-electron chi connectivity index (χ1n) is 3.99. The van der Waals surface area contributed by atoms with E-state index in [1.54, 1.807) is 19.1 Å². The smallest absolute Gasteiger partial charge is 0.335 e. The molecule has 0 aliphatic rings. The Hall–Kier alpha value is -2.00. The number of rotatable bonds is 3. The highest BCUT2D eigenvalue weighted by molar-refractivity contribution is 5.87. The molecular weight excluding hydrogens is 182 g/mol. The van der Waals surface area contributed by atoms with Crippen LogP contribution in [0.3, 0.4) is 0 Å². The Morgan fingerprint density at radius 2 is 2.36 bits per heavy atom. The predicted molar refractivity (Wildman–Crippen MR) is 51.0 cm³/mol. The van der Waals surface area contributed by atoms with Gasteiger partial charge in [0.1, 0.15) is 0 Å². The summed E-state index contributed by atoms with van der Waals surface area (Å²) in [6, 6.07) is 4.72. The van der Waals surface area contributed by atoms with Crippen molar-refractivity contribution < 1.29 is 9.90 Å². The average molecular weight is 191 g/mol. The highest BCUT2D eigenvalue weighted by Crippen LogP contribution is 2.12. The number of carbonyl (C=O) groups is 1. The summed E-state index contributed by atoms with van der Waals surface area (Å²) in [6.45, 7) is 2.04. The first-order valence-corrected chi connectivity index (χ1v) is 3.99. The number of aromatic carboxylic acids is 1. The molecule has 5 heteroatoms. The highest BCUT2D eigenvalue weighted by Gasteiger charge is 2.04. The molecule has 0 aliphatic heterocycles. The number of hydrogen-bond donors (Lipinski definition) is 1. The number of carboxylic acid groups (broad SMARTS) is 1. The first kappa shape index (κ1) is 10.1. The number of hydrogen-bond acceptors (Lipinski definition) is 2. The normalized spacial score (nSPS) is 9.21. The van der Waals surface area contributed by atoms with E-state index in [0.717, 1.165) is 11.1 Å². The predicted octanol–water partition coefficient (Wildman–Crippen LogP) is 2.50.